The van der Waals surface area contributed by atoms with E-state index in [2.05, 4.69) is 20.5 Å². The molecule has 0 atom stereocenters. The number of alkyl halides is 2. The lowest BCUT2D eigenvalue weighted by Crippen LogP contribution is -2.49. The maximum Gasteiger partial charge on any atom is 0.214 e. The third-order valence-electron chi connectivity index (χ3n) is 5.77. The third-order valence-corrected chi connectivity index (χ3v) is 5.77. The van der Waals surface area contributed by atoms with Crippen molar-refractivity contribution in [3.8, 4) is 11.3 Å². The van der Waals surface area contributed by atoms with E-state index in [4.69, 9.17) is 0 Å². The smallest absolute Gasteiger partial charge is 0.214 e. The molecule has 172 valence electrons. The quantitative estimate of drug-likeness (QED) is 0.383. The molecule has 4 rings (SSSR count). The molecule has 0 unspecified atom stereocenters. The number of aromatic nitrogens is 3. The lowest BCUT2D eigenvalue weighted by Gasteiger charge is -2.44. The van der Waals surface area contributed by atoms with E-state index in [1.165, 1.54) is 42.6 Å². The number of nitrogens with one attached hydrogen (secondary N) is 1. The number of amides is 1. The summed E-state index contributed by atoms with van der Waals surface area (Å²) in [7, 11) is 0. The first-order chi connectivity index (χ1) is 16.0. The average molecular weight is 459 g/mol. The zero-order valence-electron chi connectivity index (χ0n) is 17.5. The first-order valence-electron chi connectivity index (χ1n) is 10.4. The van der Waals surface area contributed by atoms with E-state index in [1.54, 1.807) is 6.07 Å². The summed E-state index contributed by atoms with van der Waals surface area (Å²) >= 11 is 0. The Bertz CT molecular complexity index is 1120. The molecule has 0 bridgehead atoms. The molecular formula is C23H21F4N5O. The minimum absolute atomic E-state index is 0.101. The summed E-state index contributed by atoms with van der Waals surface area (Å²) in [6.45, 7) is -0.684. The highest BCUT2D eigenvalue weighted by molar-refractivity contribution is 5.78. The van der Waals surface area contributed by atoms with Crippen molar-refractivity contribution in [3.63, 3.8) is 0 Å². The van der Waals surface area contributed by atoms with Crippen LogP contribution in [0.25, 0.3) is 11.3 Å². The molecule has 2 aromatic heterocycles. The molecule has 1 aromatic carbocycles. The normalized spacial score (nSPS) is 19.6. The number of carbonyl (C=O) groups is 1. The predicted octanol–water partition coefficient (Wildman–Crippen LogP) is 4.23. The van der Waals surface area contributed by atoms with Gasteiger partial charge in [-0.05, 0) is 55.3 Å². The predicted molar refractivity (Wildman–Crippen MR) is 115 cm³/mol. The van der Waals surface area contributed by atoms with Crippen molar-refractivity contribution in [3.05, 3.63) is 66.0 Å². The summed E-state index contributed by atoms with van der Waals surface area (Å²) in [5, 5.41) is 11.1. The van der Waals surface area contributed by atoms with E-state index in [9.17, 15) is 22.4 Å². The van der Waals surface area contributed by atoms with Crippen LogP contribution in [0.4, 0.5) is 29.1 Å². The molecule has 2 heterocycles. The maximum atomic E-state index is 14.4. The lowest BCUT2D eigenvalue weighted by molar-refractivity contribution is -0.107. The molecule has 3 aromatic rings. The zero-order valence-corrected chi connectivity index (χ0v) is 17.5. The topological polar surface area (TPSA) is 71.0 Å². The Morgan fingerprint density at radius 3 is 2.58 bits per heavy atom. The summed E-state index contributed by atoms with van der Waals surface area (Å²) in [6, 6.07) is 9.82. The molecule has 1 aliphatic rings. The number of hydrogen-bond acceptors (Lipinski definition) is 5. The number of anilines is 2. The van der Waals surface area contributed by atoms with Crippen LogP contribution in [0.5, 0.6) is 0 Å². The van der Waals surface area contributed by atoms with Crippen molar-refractivity contribution in [2.24, 2.45) is 0 Å². The van der Waals surface area contributed by atoms with Gasteiger partial charge < -0.3 is 10.2 Å². The number of rotatable bonds is 9. The fourth-order valence-electron chi connectivity index (χ4n) is 4.04. The van der Waals surface area contributed by atoms with Crippen molar-refractivity contribution < 1.29 is 22.4 Å². The van der Waals surface area contributed by atoms with E-state index >= 15 is 0 Å². The van der Waals surface area contributed by atoms with Gasteiger partial charge in [-0.25, -0.2) is 17.6 Å². The van der Waals surface area contributed by atoms with Crippen LogP contribution < -0.4 is 10.2 Å². The highest BCUT2D eigenvalue weighted by Gasteiger charge is 2.48. The van der Waals surface area contributed by atoms with Crippen molar-refractivity contribution >= 4 is 17.9 Å². The van der Waals surface area contributed by atoms with Gasteiger partial charge in [-0.1, -0.05) is 0 Å². The standard InChI is InChI=1S/C23H21F4N5O/c24-7-9-32(14-33)16-3-4-18(26)17(10-16)20-5-6-21(31-30-20)29-13-23(11-15(25)12-23)22-19(27)2-1-8-28-22/h1-6,8,10,14-15H,7,9,11-13H2,(H,29,31). The zero-order chi connectivity index (χ0) is 23.4. The van der Waals surface area contributed by atoms with Crippen molar-refractivity contribution in [2.75, 3.05) is 30.0 Å². The van der Waals surface area contributed by atoms with Gasteiger partial charge >= 0.3 is 0 Å². The Hall–Kier alpha value is -3.56. The molecule has 0 radical (unpaired) electrons. The van der Waals surface area contributed by atoms with Gasteiger partial charge in [0.05, 0.1) is 17.9 Å². The highest BCUT2D eigenvalue weighted by atomic mass is 19.1. The van der Waals surface area contributed by atoms with Crippen LogP contribution in [-0.2, 0) is 10.2 Å². The van der Waals surface area contributed by atoms with Gasteiger partial charge in [0.15, 0.2) is 0 Å². The molecule has 1 aliphatic carbocycles. The number of pyridine rings is 1. The second-order valence-corrected chi connectivity index (χ2v) is 7.93. The van der Waals surface area contributed by atoms with Gasteiger partial charge in [-0.15, -0.1) is 10.2 Å². The van der Waals surface area contributed by atoms with E-state index in [1.807, 2.05) is 0 Å². The Morgan fingerprint density at radius 1 is 1.12 bits per heavy atom. The Labute approximate surface area is 187 Å². The number of carbonyl (C=O) groups excluding carboxylic acids is 1. The van der Waals surface area contributed by atoms with E-state index in [0.717, 1.165) is 4.90 Å². The number of benzene rings is 1. The molecular weight excluding hydrogens is 438 g/mol. The number of nitrogens with zero attached hydrogens (tertiary/aromatic N) is 4. The SMILES string of the molecule is O=CN(CCF)c1ccc(F)c(-c2ccc(NCC3(c4ncccc4F)CC(F)C3)nn2)c1. The summed E-state index contributed by atoms with van der Waals surface area (Å²) in [5.41, 5.74) is 0.0591. The summed E-state index contributed by atoms with van der Waals surface area (Å²) < 4.78 is 55.0. The Balaban J connectivity index is 1.51. The third kappa shape index (κ3) is 4.64. The van der Waals surface area contributed by atoms with E-state index < -0.39 is 29.9 Å². The minimum atomic E-state index is -1.03. The second-order valence-electron chi connectivity index (χ2n) is 7.93. The van der Waals surface area contributed by atoms with Crippen LogP contribution in [0.1, 0.15) is 18.5 Å². The van der Waals surface area contributed by atoms with Crippen LogP contribution in [-0.4, -0.2) is 47.5 Å². The average Bonchev–Trinajstić information content (AvgIpc) is 2.81. The summed E-state index contributed by atoms with van der Waals surface area (Å²) in [4.78, 5) is 16.4. The van der Waals surface area contributed by atoms with Crippen LogP contribution in [0.3, 0.4) is 0 Å². The van der Waals surface area contributed by atoms with Crippen molar-refractivity contribution in [2.45, 2.75) is 24.4 Å². The number of hydrogen-bond donors (Lipinski definition) is 1. The Morgan fingerprint density at radius 2 is 1.94 bits per heavy atom. The number of halogens is 4. The Kier molecular flexibility index (Phi) is 6.52. The van der Waals surface area contributed by atoms with E-state index in [-0.39, 0.29) is 42.9 Å². The van der Waals surface area contributed by atoms with Gasteiger partial charge in [0.25, 0.3) is 0 Å². The first-order valence-corrected chi connectivity index (χ1v) is 10.4. The molecule has 0 aliphatic heterocycles. The van der Waals surface area contributed by atoms with Crippen LogP contribution in [0, 0.1) is 11.6 Å². The molecule has 1 N–H and O–H groups in total. The fraction of sp³-hybridized carbons (Fsp3) is 0.304. The van der Waals surface area contributed by atoms with Gasteiger partial charge in [-0.3, -0.25) is 9.78 Å². The monoisotopic (exact) mass is 459 g/mol. The summed E-state index contributed by atoms with van der Waals surface area (Å²) in [6.07, 6.45) is 1.20. The van der Waals surface area contributed by atoms with Gasteiger partial charge in [0, 0.05) is 29.4 Å². The van der Waals surface area contributed by atoms with Crippen LogP contribution in [0.15, 0.2) is 48.7 Å². The molecule has 0 saturated heterocycles. The van der Waals surface area contributed by atoms with Gasteiger partial charge in [0.2, 0.25) is 6.41 Å². The van der Waals surface area contributed by atoms with Crippen molar-refractivity contribution in [1.29, 1.82) is 0 Å². The van der Waals surface area contributed by atoms with Gasteiger partial charge in [-0.2, -0.15) is 0 Å². The molecule has 1 fully saturated rings. The maximum absolute atomic E-state index is 14.4. The highest BCUT2D eigenvalue weighted by Crippen LogP contribution is 2.45. The first kappa shape index (κ1) is 22.6. The molecule has 33 heavy (non-hydrogen) atoms. The fourth-order valence-corrected chi connectivity index (χ4v) is 4.04. The minimum Gasteiger partial charge on any atom is -0.368 e. The molecule has 0 spiro atoms. The van der Waals surface area contributed by atoms with Crippen molar-refractivity contribution in [1.82, 2.24) is 15.2 Å². The second kappa shape index (κ2) is 9.51. The molecule has 10 heteroatoms. The summed E-state index contributed by atoms with van der Waals surface area (Å²) in [5.74, 6) is -0.715. The molecule has 1 saturated carbocycles. The molecule has 1 amide bonds. The van der Waals surface area contributed by atoms with Gasteiger partial charge in [0.1, 0.15) is 30.3 Å². The van der Waals surface area contributed by atoms with E-state index in [0.29, 0.717) is 17.9 Å². The van der Waals surface area contributed by atoms with Crippen LogP contribution >= 0.6 is 0 Å². The van der Waals surface area contributed by atoms with Crippen LogP contribution in [0.2, 0.25) is 0 Å². The molecule has 6 nitrogen and oxygen atoms in total. The largest absolute Gasteiger partial charge is 0.368 e. The lowest BCUT2D eigenvalue weighted by atomic mass is 9.65.